The Balaban J connectivity index is 0.00000192. The van der Waals surface area contributed by atoms with E-state index in [2.05, 4.69) is 46.0 Å². The Bertz CT molecular complexity index is 496. The van der Waals surface area contributed by atoms with Crippen molar-refractivity contribution in [2.75, 3.05) is 26.7 Å². The summed E-state index contributed by atoms with van der Waals surface area (Å²) < 4.78 is 5.64. The van der Waals surface area contributed by atoms with Crippen LogP contribution in [0.25, 0.3) is 0 Å². The van der Waals surface area contributed by atoms with Crippen molar-refractivity contribution >= 4 is 29.9 Å². The summed E-state index contributed by atoms with van der Waals surface area (Å²) in [6, 6.07) is 10.8. The third kappa shape index (κ3) is 5.64. The predicted molar refractivity (Wildman–Crippen MR) is 106 cm³/mol. The smallest absolute Gasteiger partial charge is 0.191 e. The molecule has 1 saturated carbocycles. The van der Waals surface area contributed by atoms with Gasteiger partial charge >= 0.3 is 0 Å². The van der Waals surface area contributed by atoms with Crippen molar-refractivity contribution < 1.29 is 4.74 Å². The second-order valence-electron chi connectivity index (χ2n) is 6.60. The second kappa shape index (κ2) is 8.87. The average Bonchev–Trinajstić information content (AvgIpc) is 3.11. The number of benzene rings is 1. The Morgan fingerprint density at radius 2 is 2.04 bits per heavy atom. The highest BCUT2D eigenvalue weighted by molar-refractivity contribution is 14.0. The van der Waals surface area contributed by atoms with Gasteiger partial charge in [-0.1, -0.05) is 30.3 Å². The summed E-state index contributed by atoms with van der Waals surface area (Å²) in [4.78, 5) is 4.33. The largest absolute Gasteiger partial charge is 0.376 e. The lowest BCUT2D eigenvalue weighted by molar-refractivity contribution is 0.113. The van der Waals surface area contributed by atoms with Crippen molar-refractivity contribution in [3.05, 3.63) is 35.9 Å². The van der Waals surface area contributed by atoms with Crippen LogP contribution >= 0.6 is 24.0 Å². The Hall–Kier alpha value is -0.820. The Morgan fingerprint density at radius 1 is 1.26 bits per heavy atom. The lowest BCUT2D eigenvalue weighted by Gasteiger charge is -2.19. The molecule has 4 nitrogen and oxygen atoms in total. The zero-order valence-electron chi connectivity index (χ0n) is 13.9. The van der Waals surface area contributed by atoms with Crippen LogP contribution in [-0.2, 0) is 11.2 Å². The standard InChI is InChI=1S/C18H27N3O.HI/c1-19-17(20-13-16-8-5-11-22-16)21-14-18(9-10-18)12-15-6-3-2-4-7-15;/h2-4,6-7,16H,5,8-14H2,1H3,(H2,19,20,21);1H. The minimum atomic E-state index is 0. The van der Waals surface area contributed by atoms with Crippen LogP contribution in [0.5, 0.6) is 0 Å². The minimum absolute atomic E-state index is 0. The maximum atomic E-state index is 5.64. The molecule has 2 fully saturated rings. The summed E-state index contributed by atoms with van der Waals surface area (Å²) in [6.07, 6.45) is 6.44. The van der Waals surface area contributed by atoms with Gasteiger partial charge in [-0.05, 0) is 43.1 Å². The van der Waals surface area contributed by atoms with Crippen molar-refractivity contribution in [3.8, 4) is 0 Å². The van der Waals surface area contributed by atoms with Crippen LogP contribution in [-0.4, -0.2) is 38.8 Å². The van der Waals surface area contributed by atoms with E-state index < -0.39 is 0 Å². The van der Waals surface area contributed by atoms with Crippen molar-refractivity contribution in [2.45, 2.75) is 38.2 Å². The monoisotopic (exact) mass is 429 g/mol. The first-order chi connectivity index (χ1) is 10.8. The fraction of sp³-hybridized carbons (Fsp3) is 0.611. The van der Waals surface area contributed by atoms with E-state index in [1.165, 1.54) is 24.8 Å². The SMILES string of the molecule is CN=C(NCC1CCCO1)NCC1(Cc2ccccc2)CC1.I. The molecule has 2 N–H and O–H groups in total. The molecule has 1 unspecified atom stereocenters. The average molecular weight is 429 g/mol. The molecule has 3 rings (SSSR count). The number of halogens is 1. The summed E-state index contributed by atoms with van der Waals surface area (Å²) >= 11 is 0. The van der Waals surface area contributed by atoms with Gasteiger partial charge in [0.1, 0.15) is 0 Å². The maximum Gasteiger partial charge on any atom is 0.191 e. The molecule has 0 spiro atoms. The van der Waals surface area contributed by atoms with Crippen LogP contribution in [0.1, 0.15) is 31.2 Å². The highest BCUT2D eigenvalue weighted by Crippen LogP contribution is 2.47. The van der Waals surface area contributed by atoms with Crippen LogP contribution in [0.2, 0.25) is 0 Å². The van der Waals surface area contributed by atoms with Crippen LogP contribution in [0.4, 0.5) is 0 Å². The summed E-state index contributed by atoms with van der Waals surface area (Å²) in [5, 5.41) is 6.89. The van der Waals surface area contributed by atoms with E-state index >= 15 is 0 Å². The first-order valence-electron chi connectivity index (χ1n) is 8.40. The third-order valence-electron chi connectivity index (χ3n) is 4.75. The first-order valence-corrected chi connectivity index (χ1v) is 8.40. The van der Waals surface area contributed by atoms with E-state index in [1.807, 2.05) is 7.05 Å². The number of hydrogen-bond acceptors (Lipinski definition) is 2. The van der Waals surface area contributed by atoms with Gasteiger partial charge in [-0.25, -0.2) is 0 Å². The Kier molecular flexibility index (Phi) is 7.14. The highest BCUT2D eigenvalue weighted by atomic mass is 127. The van der Waals surface area contributed by atoms with Gasteiger partial charge in [0.25, 0.3) is 0 Å². The van der Waals surface area contributed by atoms with Gasteiger partial charge in [0.05, 0.1) is 6.10 Å². The number of rotatable bonds is 6. The lowest BCUT2D eigenvalue weighted by Crippen LogP contribution is -2.43. The van der Waals surface area contributed by atoms with Crippen molar-refractivity contribution in [3.63, 3.8) is 0 Å². The summed E-state index contributed by atoms with van der Waals surface area (Å²) in [5.74, 6) is 0.898. The van der Waals surface area contributed by atoms with Crippen LogP contribution in [0.15, 0.2) is 35.3 Å². The van der Waals surface area contributed by atoms with Gasteiger partial charge in [0, 0.05) is 26.7 Å². The molecule has 128 valence electrons. The Morgan fingerprint density at radius 3 is 2.65 bits per heavy atom. The number of nitrogens with one attached hydrogen (secondary N) is 2. The minimum Gasteiger partial charge on any atom is -0.376 e. The lowest BCUT2D eigenvalue weighted by atomic mass is 9.96. The van der Waals surface area contributed by atoms with Gasteiger partial charge in [0.15, 0.2) is 5.96 Å². The van der Waals surface area contributed by atoms with Crippen LogP contribution in [0.3, 0.4) is 0 Å². The predicted octanol–water partition coefficient (Wildman–Crippen LogP) is 2.97. The van der Waals surface area contributed by atoms with Gasteiger partial charge in [-0.3, -0.25) is 4.99 Å². The van der Waals surface area contributed by atoms with E-state index in [1.54, 1.807) is 0 Å². The van der Waals surface area contributed by atoms with E-state index in [0.717, 1.165) is 38.5 Å². The molecule has 23 heavy (non-hydrogen) atoms. The van der Waals surface area contributed by atoms with E-state index in [-0.39, 0.29) is 24.0 Å². The Labute approximate surface area is 156 Å². The first kappa shape index (κ1) is 18.5. The maximum absolute atomic E-state index is 5.64. The van der Waals surface area contributed by atoms with E-state index in [0.29, 0.717) is 11.5 Å². The molecule has 1 aromatic rings. The van der Waals surface area contributed by atoms with Crippen molar-refractivity contribution in [1.82, 2.24) is 10.6 Å². The number of nitrogens with zero attached hydrogens (tertiary/aromatic N) is 1. The molecule has 0 bridgehead atoms. The molecule has 0 aromatic heterocycles. The highest BCUT2D eigenvalue weighted by Gasteiger charge is 2.42. The fourth-order valence-electron chi connectivity index (χ4n) is 3.13. The molecule has 1 aliphatic carbocycles. The van der Waals surface area contributed by atoms with Crippen LogP contribution in [0, 0.1) is 5.41 Å². The van der Waals surface area contributed by atoms with Crippen LogP contribution < -0.4 is 10.6 Å². The molecule has 0 radical (unpaired) electrons. The molecule has 1 aliphatic heterocycles. The summed E-state index contributed by atoms with van der Waals surface area (Å²) in [5.41, 5.74) is 1.85. The van der Waals surface area contributed by atoms with Gasteiger partial charge in [-0.2, -0.15) is 0 Å². The summed E-state index contributed by atoms with van der Waals surface area (Å²) in [7, 11) is 1.83. The molecule has 1 heterocycles. The van der Waals surface area contributed by atoms with Gasteiger partial charge in [0.2, 0.25) is 0 Å². The third-order valence-corrected chi connectivity index (χ3v) is 4.75. The quantitative estimate of drug-likeness (QED) is 0.415. The molecule has 1 aromatic carbocycles. The van der Waals surface area contributed by atoms with Crippen molar-refractivity contribution in [1.29, 1.82) is 0 Å². The number of guanidine groups is 1. The molecular formula is C18H28IN3O. The number of hydrogen-bond donors (Lipinski definition) is 2. The van der Waals surface area contributed by atoms with E-state index in [4.69, 9.17) is 4.74 Å². The second-order valence-corrected chi connectivity index (χ2v) is 6.60. The molecule has 0 amide bonds. The molecule has 5 heteroatoms. The zero-order chi connectivity index (χ0) is 15.3. The molecular weight excluding hydrogens is 401 g/mol. The van der Waals surface area contributed by atoms with Crippen molar-refractivity contribution in [2.24, 2.45) is 10.4 Å². The zero-order valence-corrected chi connectivity index (χ0v) is 16.2. The molecule has 1 atom stereocenters. The molecule has 2 aliphatic rings. The fourth-order valence-corrected chi connectivity index (χ4v) is 3.13. The van der Waals surface area contributed by atoms with Gasteiger partial charge < -0.3 is 15.4 Å². The summed E-state index contributed by atoms with van der Waals surface area (Å²) in [6.45, 7) is 2.75. The normalized spacial score (nSPS) is 22.3. The number of ether oxygens (including phenoxy) is 1. The van der Waals surface area contributed by atoms with E-state index in [9.17, 15) is 0 Å². The van der Waals surface area contributed by atoms with Gasteiger partial charge in [-0.15, -0.1) is 24.0 Å². The number of aliphatic imine (C=N–C) groups is 1. The molecule has 1 saturated heterocycles. The topological polar surface area (TPSA) is 45.7 Å².